The molecule has 0 saturated carbocycles. The van der Waals surface area contributed by atoms with E-state index in [0.717, 1.165) is 6.54 Å². The molecule has 1 atom stereocenters. The van der Waals surface area contributed by atoms with Crippen LogP contribution in [-0.4, -0.2) is 34.6 Å². The number of nitrogens with zero attached hydrogens (tertiary/aromatic N) is 1. The van der Waals surface area contributed by atoms with Crippen molar-refractivity contribution in [3.8, 4) is 0 Å². The summed E-state index contributed by atoms with van der Waals surface area (Å²) in [5, 5.41) is 8.76. The molecule has 3 heteroatoms. The molecule has 0 aromatic carbocycles. The fraction of sp³-hybridized carbons (Fsp3) is 0.917. The number of hydrogen-bond donors (Lipinski definition) is 1. The lowest BCUT2D eigenvalue weighted by Gasteiger charge is -2.31. The van der Waals surface area contributed by atoms with Gasteiger partial charge in [0.05, 0.1) is 6.42 Å². The maximum absolute atomic E-state index is 10.6. The number of carboxylic acid groups (broad SMARTS) is 1. The lowest BCUT2D eigenvalue weighted by atomic mass is 10.1. The maximum atomic E-state index is 10.6. The second kappa shape index (κ2) is 7.69. The molecule has 0 rings (SSSR count). The highest BCUT2D eigenvalue weighted by atomic mass is 16.4. The smallest absolute Gasteiger partial charge is 0.304 e. The van der Waals surface area contributed by atoms with Gasteiger partial charge in [-0.1, -0.05) is 19.8 Å². The molecule has 0 aliphatic carbocycles. The Morgan fingerprint density at radius 3 is 2.27 bits per heavy atom. The summed E-state index contributed by atoms with van der Waals surface area (Å²) in [6.45, 7) is 9.45. The van der Waals surface area contributed by atoms with Crippen LogP contribution in [0.3, 0.4) is 0 Å². The Kier molecular flexibility index (Phi) is 7.39. The highest BCUT2D eigenvalue weighted by molar-refractivity contribution is 5.67. The molecule has 0 saturated heterocycles. The molecule has 15 heavy (non-hydrogen) atoms. The number of carboxylic acids is 1. The van der Waals surface area contributed by atoms with Gasteiger partial charge >= 0.3 is 5.97 Å². The van der Waals surface area contributed by atoms with E-state index in [1.807, 2.05) is 6.92 Å². The number of rotatable bonds is 8. The zero-order chi connectivity index (χ0) is 11.8. The minimum atomic E-state index is -0.705. The first kappa shape index (κ1) is 14.4. The Morgan fingerprint density at radius 1 is 1.27 bits per heavy atom. The molecule has 0 fully saturated rings. The third-order valence-electron chi connectivity index (χ3n) is 2.72. The van der Waals surface area contributed by atoms with Gasteiger partial charge in [-0.05, 0) is 33.7 Å². The summed E-state index contributed by atoms with van der Waals surface area (Å²) in [5.41, 5.74) is 0. The molecule has 0 radical (unpaired) electrons. The second-order valence-corrected chi connectivity index (χ2v) is 4.49. The van der Waals surface area contributed by atoms with Gasteiger partial charge in [-0.25, -0.2) is 0 Å². The van der Waals surface area contributed by atoms with Crippen LogP contribution in [0.1, 0.15) is 53.4 Å². The second-order valence-electron chi connectivity index (χ2n) is 4.49. The highest BCUT2D eigenvalue weighted by Crippen LogP contribution is 2.11. The largest absolute Gasteiger partial charge is 0.481 e. The molecular formula is C12H25NO2. The third-order valence-corrected chi connectivity index (χ3v) is 2.72. The summed E-state index contributed by atoms with van der Waals surface area (Å²) in [7, 11) is 0. The van der Waals surface area contributed by atoms with Gasteiger partial charge in [-0.3, -0.25) is 9.69 Å². The average Bonchev–Trinajstić information content (AvgIpc) is 2.10. The van der Waals surface area contributed by atoms with Crippen LogP contribution in [0.25, 0.3) is 0 Å². The number of hydrogen-bond acceptors (Lipinski definition) is 2. The van der Waals surface area contributed by atoms with Crippen molar-refractivity contribution in [2.24, 2.45) is 0 Å². The van der Waals surface area contributed by atoms with E-state index in [1.54, 1.807) is 0 Å². The van der Waals surface area contributed by atoms with E-state index in [1.165, 1.54) is 19.3 Å². The average molecular weight is 215 g/mol. The van der Waals surface area contributed by atoms with E-state index >= 15 is 0 Å². The van der Waals surface area contributed by atoms with Gasteiger partial charge in [0, 0.05) is 12.1 Å². The van der Waals surface area contributed by atoms with Gasteiger partial charge in [-0.2, -0.15) is 0 Å². The summed E-state index contributed by atoms with van der Waals surface area (Å²) in [6, 6.07) is 0.565. The van der Waals surface area contributed by atoms with Crippen molar-refractivity contribution in [2.75, 3.05) is 6.54 Å². The van der Waals surface area contributed by atoms with Crippen LogP contribution >= 0.6 is 0 Å². The van der Waals surface area contributed by atoms with Gasteiger partial charge < -0.3 is 5.11 Å². The predicted molar refractivity (Wildman–Crippen MR) is 63.1 cm³/mol. The first-order chi connectivity index (χ1) is 6.99. The van der Waals surface area contributed by atoms with Crippen molar-refractivity contribution in [2.45, 2.75) is 65.5 Å². The van der Waals surface area contributed by atoms with Crippen LogP contribution in [0.4, 0.5) is 0 Å². The minimum absolute atomic E-state index is 0.138. The molecule has 0 aromatic heterocycles. The van der Waals surface area contributed by atoms with E-state index < -0.39 is 5.97 Å². The Bertz CT molecular complexity index is 180. The Balaban J connectivity index is 4.06. The van der Waals surface area contributed by atoms with Crippen LogP contribution < -0.4 is 0 Å². The zero-order valence-corrected chi connectivity index (χ0v) is 10.5. The molecule has 0 bridgehead atoms. The molecule has 1 unspecified atom stereocenters. The van der Waals surface area contributed by atoms with E-state index in [9.17, 15) is 4.79 Å². The summed E-state index contributed by atoms with van der Waals surface area (Å²) < 4.78 is 0. The molecule has 0 aliphatic rings. The standard InChI is InChI=1S/C12H25NO2/c1-5-6-7-8-13(10(2)3)11(4)9-12(14)15/h10-11H,5-9H2,1-4H3,(H,14,15). The lowest BCUT2D eigenvalue weighted by Crippen LogP contribution is -2.40. The number of aliphatic carboxylic acids is 1. The predicted octanol–water partition coefficient (Wildman–Crippen LogP) is 2.75. The quantitative estimate of drug-likeness (QED) is 0.633. The van der Waals surface area contributed by atoms with Crippen molar-refractivity contribution < 1.29 is 9.90 Å². The van der Waals surface area contributed by atoms with E-state index in [0.29, 0.717) is 6.04 Å². The molecule has 3 nitrogen and oxygen atoms in total. The SMILES string of the molecule is CCCCCN(C(C)C)C(C)CC(=O)O. The van der Waals surface area contributed by atoms with Crippen LogP contribution in [0.2, 0.25) is 0 Å². The fourth-order valence-electron chi connectivity index (χ4n) is 1.90. The molecule has 0 heterocycles. The van der Waals surface area contributed by atoms with E-state index in [2.05, 4.69) is 25.7 Å². The zero-order valence-electron chi connectivity index (χ0n) is 10.5. The lowest BCUT2D eigenvalue weighted by molar-refractivity contribution is -0.138. The van der Waals surface area contributed by atoms with Crippen molar-refractivity contribution in [3.05, 3.63) is 0 Å². The molecule has 0 aliphatic heterocycles. The van der Waals surface area contributed by atoms with Crippen LogP contribution in [0, 0.1) is 0 Å². The van der Waals surface area contributed by atoms with Crippen LogP contribution in [-0.2, 0) is 4.79 Å². The molecular weight excluding hydrogens is 190 g/mol. The molecule has 0 spiro atoms. The molecule has 1 N–H and O–H groups in total. The summed E-state index contributed by atoms with van der Waals surface area (Å²) >= 11 is 0. The highest BCUT2D eigenvalue weighted by Gasteiger charge is 2.18. The van der Waals surface area contributed by atoms with Crippen LogP contribution in [0.15, 0.2) is 0 Å². The van der Waals surface area contributed by atoms with E-state index in [-0.39, 0.29) is 12.5 Å². The van der Waals surface area contributed by atoms with Gasteiger partial charge in [-0.15, -0.1) is 0 Å². The molecule has 0 amide bonds. The van der Waals surface area contributed by atoms with Gasteiger partial charge in [0.25, 0.3) is 0 Å². The Hall–Kier alpha value is -0.570. The third kappa shape index (κ3) is 6.50. The fourth-order valence-corrected chi connectivity index (χ4v) is 1.90. The summed E-state index contributed by atoms with van der Waals surface area (Å²) in [4.78, 5) is 12.9. The van der Waals surface area contributed by atoms with Gasteiger partial charge in [0.1, 0.15) is 0 Å². The summed E-state index contributed by atoms with van der Waals surface area (Å²) in [5.74, 6) is -0.705. The summed E-state index contributed by atoms with van der Waals surface area (Å²) in [6.07, 6.45) is 3.84. The normalized spacial score (nSPS) is 13.5. The number of carbonyl (C=O) groups is 1. The maximum Gasteiger partial charge on any atom is 0.304 e. The number of unbranched alkanes of at least 4 members (excludes halogenated alkanes) is 2. The van der Waals surface area contributed by atoms with Crippen molar-refractivity contribution in [1.29, 1.82) is 0 Å². The molecule has 0 aromatic rings. The van der Waals surface area contributed by atoms with E-state index in [4.69, 9.17) is 5.11 Å². The van der Waals surface area contributed by atoms with Crippen molar-refractivity contribution >= 4 is 5.97 Å². The first-order valence-electron chi connectivity index (χ1n) is 5.96. The molecule has 90 valence electrons. The topological polar surface area (TPSA) is 40.5 Å². The van der Waals surface area contributed by atoms with Crippen molar-refractivity contribution in [3.63, 3.8) is 0 Å². The van der Waals surface area contributed by atoms with Crippen LogP contribution in [0.5, 0.6) is 0 Å². The van der Waals surface area contributed by atoms with Gasteiger partial charge in [0.15, 0.2) is 0 Å². The minimum Gasteiger partial charge on any atom is -0.481 e. The van der Waals surface area contributed by atoms with Crippen molar-refractivity contribution in [1.82, 2.24) is 4.90 Å². The first-order valence-corrected chi connectivity index (χ1v) is 5.96. The Morgan fingerprint density at radius 2 is 1.87 bits per heavy atom. The van der Waals surface area contributed by atoms with Gasteiger partial charge in [0.2, 0.25) is 0 Å². The monoisotopic (exact) mass is 215 g/mol. The Labute approximate surface area is 93.5 Å².